The zero-order valence-electron chi connectivity index (χ0n) is 14.5. The Balaban J connectivity index is 2.15. The van der Waals surface area contributed by atoms with Gasteiger partial charge in [0.2, 0.25) is 4.80 Å². The van der Waals surface area contributed by atoms with Crippen LogP contribution in [0.15, 0.2) is 64.0 Å². The van der Waals surface area contributed by atoms with Crippen molar-refractivity contribution >= 4 is 17.0 Å². The molecular weight excluding hydrogens is 333 g/mol. The molecule has 0 aliphatic carbocycles. The van der Waals surface area contributed by atoms with E-state index in [1.165, 1.54) is 23.0 Å². The average Bonchev–Trinajstić information content (AvgIpc) is 2.99. The number of aromatic nitrogens is 1. The van der Waals surface area contributed by atoms with Crippen LogP contribution in [0.1, 0.15) is 25.0 Å². The van der Waals surface area contributed by atoms with Crippen molar-refractivity contribution in [1.82, 2.24) is 4.68 Å². The van der Waals surface area contributed by atoms with Gasteiger partial charge in [-0.15, -0.1) is 11.3 Å². The Morgan fingerprint density at radius 2 is 1.84 bits per heavy atom. The summed E-state index contributed by atoms with van der Waals surface area (Å²) in [6.07, 6.45) is 0. The molecule has 3 aromatic rings. The highest BCUT2D eigenvalue weighted by Crippen LogP contribution is 2.21. The number of benzene rings is 2. The highest BCUT2D eigenvalue weighted by molar-refractivity contribution is 7.07. The fourth-order valence-electron chi connectivity index (χ4n) is 2.52. The fourth-order valence-corrected chi connectivity index (χ4v) is 3.42. The van der Waals surface area contributed by atoms with E-state index in [1.54, 1.807) is 16.8 Å². The molecule has 3 rings (SSSR count). The van der Waals surface area contributed by atoms with Gasteiger partial charge >= 0.3 is 0 Å². The van der Waals surface area contributed by atoms with Gasteiger partial charge < -0.3 is 0 Å². The first-order valence-corrected chi connectivity index (χ1v) is 9.06. The number of hydrogen-bond donors (Lipinski definition) is 0. The summed E-state index contributed by atoms with van der Waals surface area (Å²) in [5.74, 6) is -0.273. The Morgan fingerprint density at radius 3 is 2.52 bits per heavy atom. The van der Waals surface area contributed by atoms with Crippen molar-refractivity contribution in [3.63, 3.8) is 0 Å². The van der Waals surface area contributed by atoms with Gasteiger partial charge in [-0.05, 0) is 26.8 Å². The Labute approximate surface area is 150 Å². The molecule has 1 aromatic heterocycles. The highest BCUT2D eigenvalue weighted by Gasteiger charge is 2.10. The van der Waals surface area contributed by atoms with E-state index in [0.29, 0.717) is 17.8 Å². The van der Waals surface area contributed by atoms with Crippen molar-refractivity contribution in [2.75, 3.05) is 6.54 Å². The largest absolute Gasteiger partial charge is 0.258 e. The smallest absolute Gasteiger partial charge is 0.206 e. The maximum absolute atomic E-state index is 14.1. The van der Waals surface area contributed by atoms with Crippen LogP contribution in [0.4, 0.5) is 4.39 Å². The summed E-state index contributed by atoms with van der Waals surface area (Å²) in [7, 11) is 0. The summed E-state index contributed by atoms with van der Waals surface area (Å²) in [4.78, 5) is 5.32. The molecule has 0 bridgehead atoms. The first kappa shape index (κ1) is 17.3. The molecule has 25 heavy (non-hydrogen) atoms. The lowest BCUT2D eigenvalue weighted by molar-refractivity contribution is 0.624. The standard InChI is InChI=1S/C20H20FN3S/c1-4-22-20-24(23-15(3)17-7-5-6-8-18(17)21)19(13-25-20)16-11-9-14(2)10-12-16/h5-13H,4H2,1-3H3. The van der Waals surface area contributed by atoms with E-state index in [4.69, 9.17) is 0 Å². The van der Waals surface area contributed by atoms with Gasteiger partial charge in [0.1, 0.15) is 5.82 Å². The van der Waals surface area contributed by atoms with Crippen molar-refractivity contribution in [2.45, 2.75) is 20.8 Å². The normalized spacial score (nSPS) is 12.6. The van der Waals surface area contributed by atoms with Gasteiger partial charge in [0, 0.05) is 23.1 Å². The Bertz CT molecular complexity index is 965. The van der Waals surface area contributed by atoms with Crippen LogP contribution in [-0.2, 0) is 0 Å². The summed E-state index contributed by atoms with van der Waals surface area (Å²) in [6, 6.07) is 15.0. The van der Waals surface area contributed by atoms with Gasteiger partial charge in [-0.25, -0.2) is 9.07 Å². The molecule has 0 atom stereocenters. The molecule has 0 saturated carbocycles. The number of nitrogens with zero attached hydrogens (tertiary/aromatic N) is 3. The highest BCUT2D eigenvalue weighted by atomic mass is 32.1. The van der Waals surface area contributed by atoms with Crippen LogP contribution < -0.4 is 4.80 Å². The number of rotatable bonds is 4. The molecule has 0 N–H and O–H groups in total. The lowest BCUT2D eigenvalue weighted by atomic mass is 10.1. The molecule has 0 fully saturated rings. The van der Waals surface area contributed by atoms with Crippen molar-refractivity contribution in [1.29, 1.82) is 0 Å². The number of aryl methyl sites for hydroxylation is 1. The van der Waals surface area contributed by atoms with Crippen LogP contribution in [0.25, 0.3) is 11.3 Å². The van der Waals surface area contributed by atoms with Gasteiger partial charge in [-0.1, -0.05) is 48.0 Å². The van der Waals surface area contributed by atoms with E-state index in [-0.39, 0.29) is 5.82 Å². The molecular formula is C20H20FN3S. The van der Waals surface area contributed by atoms with Gasteiger partial charge in [-0.2, -0.15) is 5.10 Å². The third kappa shape index (κ3) is 3.77. The van der Waals surface area contributed by atoms with E-state index in [0.717, 1.165) is 16.1 Å². The first-order chi connectivity index (χ1) is 12.1. The van der Waals surface area contributed by atoms with E-state index in [9.17, 15) is 4.39 Å². The topological polar surface area (TPSA) is 29.6 Å². The first-order valence-electron chi connectivity index (χ1n) is 8.18. The van der Waals surface area contributed by atoms with Crippen LogP contribution >= 0.6 is 11.3 Å². The molecule has 0 aliphatic heterocycles. The van der Waals surface area contributed by atoms with E-state index < -0.39 is 0 Å². The molecule has 1 heterocycles. The monoisotopic (exact) mass is 353 g/mol. The Hall–Kier alpha value is -2.53. The van der Waals surface area contributed by atoms with Crippen molar-refractivity contribution < 1.29 is 4.39 Å². The predicted octanol–water partition coefficient (Wildman–Crippen LogP) is 4.86. The van der Waals surface area contributed by atoms with Crippen LogP contribution in [0.5, 0.6) is 0 Å². The fraction of sp³-hybridized carbons (Fsp3) is 0.200. The minimum absolute atomic E-state index is 0.273. The van der Waals surface area contributed by atoms with Crippen molar-refractivity contribution in [3.8, 4) is 11.3 Å². The second kappa shape index (κ2) is 7.57. The molecule has 128 valence electrons. The molecule has 0 saturated heterocycles. The SMILES string of the molecule is CCN=c1scc(-c2ccc(C)cc2)n1N=C(C)c1ccccc1F. The molecule has 3 nitrogen and oxygen atoms in total. The third-order valence-electron chi connectivity index (χ3n) is 3.84. The van der Waals surface area contributed by atoms with Gasteiger partial charge in [0.25, 0.3) is 0 Å². The van der Waals surface area contributed by atoms with Crippen LogP contribution in [0.2, 0.25) is 0 Å². The molecule has 0 unspecified atom stereocenters. The van der Waals surface area contributed by atoms with Crippen LogP contribution in [0, 0.1) is 12.7 Å². The van der Waals surface area contributed by atoms with Crippen LogP contribution in [-0.4, -0.2) is 16.9 Å². The second-order valence-corrected chi connectivity index (χ2v) is 6.56. The van der Waals surface area contributed by atoms with Crippen LogP contribution in [0.3, 0.4) is 0 Å². The average molecular weight is 353 g/mol. The summed E-state index contributed by atoms with van der Waals surface area (Å²) in [5, 5.41) is 6.72. The Morgan fingerprint density at radius 1 is 1.12 bits per heavy atom. The number of halogens is 1. The number of hydrogen-bond acceptors (Lipinski definition) is 3. The van der Waals surface area contributed by atoms with E-state index in [1.807, 2.05) is 25.3 Å². The maximum atomic E-state index is 14.1. The third-order valence-corrected chi connectivity index (χ3v) is 4.69. The minimum atomic E-state index is -0.273. The van der Waals surface area contributed by atoms with E-state index in [2.05, 4.69) is 41.3 Å². The van der Waals surface area contributed by atoms with Crippen molar-refractivity contribution in [3.05, 3.63) is 75.7 Å². The van der Waals surface area contributed by atoms with Gasteiger partial charge in [0.05, 0.1) is 11.4 Å². The molecule has 5 heteroatoms. The summed E-state index contributed by atoms with van der Waals surface area (Å²) < 4.78 is 15.9. The zero-order valence-corrected chi connectivity index (χ0v) is 15.3. The zero-order chi connectivity index (χ0) is 17.8. The lowest BCUT2D eigenvalue weighted by Crippen LogP contribution is -2.15. The quantitative estimate of drug-likeness (QED) is 0.600. The summed E-state index contributed by atoms with van der Waals surface area (Å²) in [6.45, 7) is 6.53. The second-order valence-electron chi connectivity index (χ2n) is 5.72. The lowest BCUT2D eigenvalue weighted by Gasteiger charge is -2.07. The van der Waals surface area contributed by atoms with Crippen molar-refractivity contribution in [2.24, 2.45) is 10.1 Å². The van der Waals surface area contributed by atoms with Gasteiger partial charge in [-0.3, -0.25) is 4.99 Å². The van der Waals surface area contributed by atoms with E-state index >= 15 is 0 Å². The predicted molar refractivity (Wildman–Crippen MR) is 103 cm³/mol. The minimum Gasteiger partial charge on any atom is -0.258 e. The maximum Gasteiger partial charge on any atom is 0.206 e. The number of thiazole rings is 1. The molecule has 0 aliphatic rings. The summed E-state index contributed by atoms with van der Waals surface area (Å²) >= 11 is 1.54. The molecule has 2 aromatic carbocycles. The Kier molecular flexibility index (Phi) is 5.24. The molecule has 0 radical (unpaired) electrons. The van der Waals surface area contributed by atoms with Gasteiger partial charge in [0.15, 0.2) is 0 Å². The summed E-state index contributed by atoms with van der Waals surface area (Å²) in [5.41, 5.74) is 4.33. The molecule has 0 spiro atoms. The molecule has 0 amide bonds.